The number of nitrogens with one attached hydrogen (secondary N) is 1. The summed E-state index contributed by atoms with van der Waals surface area (Å²) in [4.78, 5) is 32.0. The van der Waals surface area contributed by atoms with Crippen molar-refractivity contribution in [2.24, 2.45) is 5.92 Å². The maximum atomic E-state index is 13.6. The van der Waals surface area contributed by atoms with Crippen LogP contribution >= 0.6 is 0 Å². The maximum Gasteiger partial charge on any atom is 0.273 e. The summed E-state index contributed by atoms with van der Waals surface area (Å²) >= 11 is 0. The molecular weight excluding hydrogens is 466 g/mol. The molecule has 192 valence electrons. The van der Waals surface area contributed by atoms with Crippen LogP contribution in [0, 0.1) is 12.8 Å². The molecule has 2 amide bonds. The molecule has 2 aromatic carbocycles. The van der Waals surface area contributed by atoms with Crippen LogP contribution in [0.25, 0.3) is 0 Å². The van der Waals surface area contributed by atoms with Gasteiger partial charge in [-0.05, 0) is 55.0 Å². The molecule has 1 aliphatic heterocycles. The first-order valence-electron chi connectivity index (χ1n) is 13.0. The minimum atomic E-state index is -0.323. The van der Waals surface area contributed by atoms with Gasteiger partial charge in [0, 0.05) is 19.0 Å². The Hall–Kier alpha value is -3.87. The molecule has 2 aliphatic rings. The van der Waals surface area contributed by atoms with Crippen LogP contribution in [0.2, 0.25) is 0 Å². The molecule has 0 spiro atoms. The van der Waals surface area contributed by atoms with E-state index in [-0.39, 0.29) is 36.1 Å². The highest BCUT2D eigenvalue weighted by molar-refractivity contribution is 5.91. The zero-order valence-electron chi connectivity index (χ0n) is 21.2. The summed E-state index contributed by atoms with van der Waals surface area (Å²) < 4.78 is 11.5. The van der Waals surface area contributed by atoms with Crippen LogP contribution in [0.5, 0.6) is 5.75 Å². The minimum absolute atomic E-state index is 0.0906. The molecule has 2 heterocycles. The summed E-state index contributed by atoms with van der Waals surface area (Å²) in [6.45, 7) is 6.83. The number of aromatic nitrogens is 1. The number of rotatable bonds is 8. The number of nitrogens with zero attached hydrogens (tertiary/aromatic N) is 2. The smallest absolute Gasteiger partial charge is 0.273 e. The van der Waals surface area contributed by atoms with Gasteiger partial charge in [0.05, 0.1) is 6.04 Å². The predicted octanol–water partition coefficient (Wildman–Crippen LogP) is 5.14. The highest BCUT2D eigenvalue weighted by Crippen LogP contribution is 2.40. The third-order valence-electron chi connectivity index (χ3n) is 7.24. The van der Waals surface area contributed by atoms with Gasteiger partial charge in [0.25, 0.3) is 5.91 Å². The Balaban J connectivity index is 1.39. The van der Waals surface area contributed by atoms with Crippen LogP contribution in [-0.4, -0.2) is 34.8 Å². The molecular formula is C30H33N3O4. The van der Waals surface area contributed by atoms with Crippen LogP contribution in [0.1, 0.15) is 70.4 Å². The minimum Gasteiger partial charge on any atom is -0.484 e. The monoisotopic (exact) mass is 499 g/mol. The SMILES string of the molecule is C=CCNC(=O)c1coc(COc2ccc3c(c2)C(c2cccc(C)c2)N(C(=O)C2CCCC2)CC3)n1. The summed E-state index contributed by atoms with van der Waals surface area (Å²) in [7, 11) is 0. The lowest BCUT2D eigenvalue weighted by Crippen LogP contribution is -2.43. The number of hydrogen-bond acceptors (Lipinski definition) is 5. The predicted molar refractivity (Wildman–Crippen MR) is 140 cm³/mol. The van der Waals surface area contributed by atoms with Gasteiger partial charge in [-0.1, -0.05) is 54.8 Å². The molecule has 3 aromatic rings. The Kier molecular flexibility index (Phi) is 7.40. The molecule has 7 nitrogen and oxygen atoms in total. The lowest BCUT2D eigenvalue weighted by atomic mass is 9.86. The Morgan fingerprint density at radius 2 is 2.05 bits per heavy atom. The quantitative estimate of drug-likeness (QED) is 0.434. The van der Waals surface area contributed by atoms with Gasteiger partial charge in [0.2, 0.25) is 11.8 Å². The number of amides is 2. The van der Waals surface area contributed by atoms with Gasteiger partial charge in [-0.2, -0.15) is 0 Å². The molecule has 0 radical (unpaired) electrons. The van der Waals surface area contributed by atoms with Crippen molar-refractivity contribution in [2.75, 3.05) is 13.1 Å². The topological polar surface area (TPSA) is 84.7 Å². The second-order valence-corrected chi connectivity index (χ2v) is 9.85. The van der Waals surface area contributed by atoms with Crippen molar-refractivity contribution >= 4 is 11.8 Å². The molecule has 1 aliphatic carbocycles. The summed E-state index contributed by atoms with van der Waals surface area (Å²) in [6.07, 6.45) is 7.97. The van der Waals surface area contributed by atoms with Crippen LogP contribution in [-0.2, 0) is 17.8 Å². The Bertz CT molecular complexity index is 1290. The molecule has 1 aromatic heterocycles. The summed E-state index contributed by atoms with van der Waals surface area (Å²) in [5, 5.41) is 2.68. The Labute approximate surface area is 217 Å². The van der Waals surface area contributed by atoms with E-state index in [0.717, 1.165) is 43.2 Å². The third-order valence-corrected chi connectivity index (χ3v) is 7.24. The van der Waals surface area contributed by atoms with E-state index < -0.39 is 0 Å². The normalized spacial score (nSPS) is 17.3. The van der Waals surface area contributed by atoms with Gasteiger partial charge >= 0.3 is 0 Å². The number of carbonyl (C=O) groups excluding carboxylic acids is 2. The van der Waals surface area contributed by atoms with Crippen molar-refractivity contribution in [1.82, 2.24) is 15.2 Å². The first-order chi connectivity index (χ1) is 18.0. The van der Waals surface area contributed by atoms with Gasteiger partial charge in [0.15, 0.2) is 12.3 Å². The highest BCUT2D eigenvalue weighted by Gasteiger charge is 2.36. The molecule has 1 N–H and O–H groups in total. The number of fused-ring (bicyclic) bond motifs is 1. The zero-order valence-corrected chi connectivity index (χ0v) is 21.2. The number of benzene rings is 2. The van der Waals surface area contributed by atoms with Crippen LogP contribution in [0.15, 0.2) is 65.8 Å². The second kappa shape index (κ2) is 11.0. The number of aryl methyl sites for hydroxylation is 1. The maximum absolute atomic E-state index is 13.6. The van der Waals surface area contributed by atoms with E-state index in [0.29, 0.717) is 24.7 Å². The van der Waals surface area contributed by atoms with Gasteiger partial charge in [-0.3, -0.25) is 9.59 Å². The molecule has 1 unspecified atom stereocenters. The Morgan fingerprint density at radius 3 is 2.84 bits per heavy atom. The third kappa shape index (κ3) is 5.45. The molecule has 7 heteroatoms. The second-order valence-electron chi connectivity index (χ2n) is 9.85. The number of carbonyl (C=O) groups is 2. The standard InChI is InChI=1S/C30H33N3O4/c1-3-14-31-29(34)26-18-37-27(32-26)19-36-24-12-11-21-13-15-33(30(35)22-8-4-5-9-22)28(25(21)17-24)23-10-6-7-20(2)16-23/h3,6-7,10-12,16-18,22,28H,1,4-5,8-9,13-15,19H2,2H3,(H,31,34). The van der Waals surface area contributed by atoms with Crippen LogP contribution in [0.3, 0.4) is 0 Å². The summed E-state index contributed by atoms with van der Waals surface area (Å²) in [5.74, 6) is 1.05. The van der Waals surface area contributed by atoms with Gasteiger partial charge < -0.3 is 19.4 Å². The molecule has 5 rings (SSSR count). The van der Waals surface area contributed by atoms with Crippen molar-refractivity contribution in [3.8, 4) is 5.75 Å². The van der Waals surface area contributed by atoms with Crippen molar-refractivity contribution in [3.63, 3.8) is 0 Å². The number of hydrogen-bond donors (Lipinski definition) is 1. The number of oxazole rings is 1. The number of ether oxygens (including phenoxy) is 1. The zero-order chi connectivity index (χ0) is 25.8. The summed E-state index contributed by atoms with van der Waals surface area (Å²) in [6, 6.07) is 14.4. The lowest BCUT2D eigenvalue weighted by Gasteiger charge is -2.39. The van der Waals surface area contributed by atoms with E-state index in [2.05, 4.69) is 59.0 Å². The molecule has 1 saturated carbocycles. The average Bonchev–Trinajstić information content (AvgIpc) is 3.62. The van der Waals surface area contributed by atoms with Gasteiger partial charge in [0.1, 0.15) is 12.0 Å². The fourth-order valence-electron chi connectivity index (χ4n) is 5.41. The van der Waals surface area contributed by atoms with Gasteiger partial charge in [-0.25, -0.2) is 4.98 Å². The summed E-state index contributed by atoms with van der Waals surface area (Å²) in [5.41, 5.74) is 4.81. The first kappa shape index (κ1) is 24.8. The van der Waals surface area contributed by atoms with E-state index in [1.807, 2.05) is 12.1 Å². The first-order valence-corrected chi connectivity index (χ1v) is 13.0. The molecule has 1 fully saturated rings. The van der Waals surface area contributed by atoms with Crippen molar-refractivity contribution < 1.29 is 18.7 Å². The van der Waals surface area contributed by atoms with Crippen LogP contribution < -0.4 is 10.1 Å². The fraction of sp³-hybridized carbons (Fsp3) is 0.367. The molecule has 0 saturated heterocycles. The van der Waals surface area contributed by atoms with Gasteiger partial charge in [-0.15, -0.1) is 6.58 Å². The van der Waals surface area contributed by atoms with E-state index in [1.54, 1.807) is 6.08 Å². The fourth-order valence-corrected chi connectivity index (χ4v) is 5.41. The lowest BCUT2D eigenvalue weighted by molar-refractivity contribution is -0.137. The van der Waals surface area contributed by atoms with E-state index in [9.17, 15) is 9.59 Å². The molecule has 1 atom stereocenters. The Morgan fingerprint density at radius 1 is 1.22 bits per heavy atom. The van der Waals surface area contributed by atoms with Crippen molar-refractivity contribution in [2.45, 2.75) is 51.7 Å². The van der Waals surface area contributed by atoms with E-state index in [4.69, 9.17) is 9.15 Å². The van der Waals surface area contributed by atoms with Crippen molar-refractivity contribution in [3.05, 3.63) is 95.2 Å². The molecule has 37 heavy (non-hydrogen) atoms. The average molecular weight is 500 g/mol. The van der Waals surface area contributed by atoms with E-state index in [1.165, 1.54) is 17.4 Å². The van der Waals surface area contributed by atoms with Crippen molar-refractivity contribution in [1.29, 1.82) is 0 Å². The van der Waals surface area contributed by atoms with E-state index >= 15 is 0 Å². The van der Waals surface area contributed by atoms with Crippen LogP contribution in [0.4, 0.5) is 0 Å². The highest BCUT2D eigenvalue weighted by atomic mass is 16.5. The largest absolute Gasteiger partial charge is 0.484 e. The molecule has 0 bridgehead atoms.